The average molecular weight is 256 g/mol. The van der Waals surface area contributed by atoms with Gasteiger partial charge in [0.2, 0.25) is 0 Å². The second-order valence-corrected chi connectivity index (χ2v) is 5.18. The number of phenolic OH excluding ortho intramolecular Hbond substituents is 1. The molecule has 0 bridgehead atoms. The molecule has 2 N–H and O–H groups in total. The summed E-state index contributed by atoms with van der Waals surface area (Å²) in [6, 6.07) is 4.95. The Hall–Kier alpha value is -1.22. The van der Waals surface area contributed by atoms with E-state index >= 15 is 0 Å². The minimum atomic E-state index is -0.380. The van der Waals surface area contributed by atoms with Crippen molar-refractivity contribution in [2.24, 2.45) is 0 Å². The average Bonchev–Trinajstić information content (AvgIpc) is 2.20. The Bertz CT molecular complexity index is 416. The molecule has 0 radical (unpaired) electrons. The van der Waals surface area contributed by atoms with E-state index in [1.807, 2.05) is 20.8 Å². The van der Waals surface area contributed by atoms with E-state index in [0.29, 0.717) is 17.9 Å². The third-order valence-corrected chi connectivity index (χ3v) is 2.76. The highest BCUT2D eigenvalue weighted by Crippen LogP contribution is 2.19. The number of hydrogen-bond donors (Lipinski definition) is 2. The molecular formula is C13H18ClNO2. The van der Waals surface area contributed by atoms with Crippen molar-refractivity contribution in [2.45, 2.75) is 32.7 Å². The molecule has 0 aromatic heterocycles. The minimum absolute atomic E-state index is 0.00484. The maximum absolute atomic E-state index is 12.0. The predicted octanol–water partition coefficient (Wildman–Crippen LogP) is 2.84. The normalized spacial score (nSPS) is 11.3. The predicted molar refractivity (Wildman–Crippen MR) is 69.7 cm³/mol. The fourth-order valence-corrected chi connectivity index (χ4v) is 1.98. The number of benzene rings is 1. The molecule has 0 saturated carbocycles. The van der Waals surface area contributed by atoms with Crippen molar-refractivity contribution < 1.29 is 9.90 Å². The first-order valence-electron chi connectivity index (χ1n) is 5.54. The highest BCUT2D eigenvalue weighted by molar-refractivity contribution is 6.17. The van der Waals surface area contributed by atoms with Gasteiger partial charge in [-0.15, -0.1) is 11.6 Å². The van der Waals surface area contributed by atoms with Crippen LogP contribution in [-0.4, -0.2) is 22.4 Å². The van der Waals surface area contributed by atoms with E-state index in [9.17, 15) is 9.90 Å². The van der Waals surface area contributed by atoms with Crippen LogP contribution in [0.25, 0.3) is 0 Å². The van der Waals surface area contributed by atoms with Crippen LogP contribution in [0.3, 0.4) is 0 Å². The number of aromatic hydroxyl groups is 1. The zero-order chi connectivity index (χ0) is 13.1. The molecule has 0 heterocycles. The quantitative estimate of drug-likeness (QED) is 0.813. The molecule has 0 fully saturated rings. The summed E-state index contributed by atoms with van der Waals surface area (Å²) in [5, 5.41) is 12.5. The van der Waals surface area contributed by atoms with Crippen LogP contribution in [0.15, 0.2) is 18.2 Å². The number of alkyl halides is 1. The third-order valence-electron chi connectivity index (χ3n) is 2.57. The second kappa shape index (κ2) is 5.41. The van der Waals surface area contributed by atoms with Gasteiger partial charge in [-0.05, 0) is 39.3 Å². The molecular weight excluding hydrogens is 238 g/mol. The van der Waals surface area contributed by atoms with E-state index in [0.717, 1.165) is 5.56 Å². The van der Waals surface area contributed by atoms with Crippen LogP contribution in [0.4, 0.5) is 0 Å². The Morgan fingerprint density at radius 3 is 2.71 bits per heavy atom. The van der Waals surface area contributed by atoms with Crippen LogP contribution >= 0.6 is 11.6 Å². The van der Waals surface area contributed by atoms with Crippen LogP contribution in [-0.2, 0) is 0 Å². The molecule has 94 valence electrons. The van der Waals surface area contributed by atoms with Crippen LogP contribution in [0.1, 0.15) is 36.2 Å². The molecule has 1 aromatic rings. The van der Waals surface area contributed by atoms with E-state index < -0.39 is 0 Å². The highest BCUT2D eigenvalue weighted by atomic mass is 35.5. The van der Waals surface area contributed by atoms with Crippen molar-refractivity contribution in [3.8, 4) is 5.75 Å². The van der Waals surface area contributed by atoms with Crippen LogP contribution in [0, 0.1) is 6.92 Å². The van der Waals surface area contributed by atoms with Gasteiger partial charge in [0, 0.05) is 11.4 Å². The third kappa shape index (κ3) is 3.93. The molecule has 0 atom stereocenters. The molecule has 0 aliphatic rings. The van der Waals surface area contributed by atoms with Crippen LogP contribution in [0.2, 0.25) is 0 Å². The number of aryl methyl sites for hydroxylation is 1. The Labute approximate surface area is 107 Å². The Morgan fingerprint density at radius 2 is 2.12 bits per heavy atom. The van der Waals surface area contributed by atoms with Gasteiger partial charge in [-0.1, -0.05) is 11.6 Å². The van der Waals surface area contributed by atoms with Crippen molar-refractivity contribution in [1.82, 2.24) is 5.32 Å². The summed E-state index contributed by atoms with van der Waals surface area (Å²) in [4.78, 5) is 12.0. The second-order valence-electron chi connectivity index (χ2n) is 4.80. The number of rotatable bonds is 4. The fraction of sp³-hybridized carbons (Fsp3) is 0.462. The lowest BCUT2D eigenvalue weighted by Crippen LogP contribution is -2.43. The first kappa shape index (κ1) is 13.8. The van der Waals surface area contributed by atoms with E-state index in [1.54, 1.807) is 12.1 Å². The summed E-state index contributed by atoms with van der Waals surface area (Å²) >= 11 is 5.67. The number of amides is 1. The number of carbonyl (C=O) groups excluding carboxylic acids is 1. The molecule has 1 amide bonds. The smallest absolute Gasteiger partial charge is 0.255 e. The summed E-state index contributed by atoms with van der Waals surface area (Å²) in [6.07, 6.45) is 0.673. The molecule has 3 nitrogen and oxygen atoms in total. The molecule has 0 aliphatic carbocycles. The molecule has 1 rings (SSSR count). The largest absolute Gasteiger partial charge is 0.507 e. The van der Waals surface area contributed by atoms with Crippen molar-refractivity contribution >= 4 is 17.5 Å². The summed E-state index contributed by atoms with van der Waals surface area (Å²) < 4.78 is 0. The standard InChI is InChI=1S/C13H18ClNO2/c1-9-4-5-11(16)10(8-9)12(17)15-13(2,3)6-7-14/h4-5,8,16H,6-7H2,1-3H3,(H,15,17). The van der Waals surface area contributed by atoms with E-state index in [4.69, 9.17) is 11.6 Å². The maximum Gasteiger partial charge on any atom is 0.255 e. The van der Waals surface area contributed by atoms with Gasteiger partial charge in [-0.3, -0.25) is 4.79 Å². The lowest BCUT2D eigenvalue weighted by Gasteiger charge is -2.25. The first-order chi connectivity index (χ1) is 7.85. The van der Waals surface area contributed by atoms with Gasteiger partial charge in [0.05, 0.1) is 5.56 Å². The molecule has 17 heavy (non-hydrogen) atoms. The van der Waals surface area contributed by atoms with Gasteiger partial charge < -0.3 is 10.4 Å². The summed E-state index contributed by atoms with van der Waals surface area (Å²) in [5.41, 5.74) is 0.852. The highest BCUT2D eigenvalue weighted by Gasteiger charge is 2.22. The fourth-order valence-electron chi connectivity index (χ4n) is 1.51. The minimum Gasteiger partial charge on any atom is -0.507 e. The van der Waals surface area contributed by atoms with Crippen molar-refractivity contribution in [3.05, 3.63) is 29.3 Å². The van der Waals surface area contributed by atoms with Gasteiger partial charge in [-0.25, -0.2) is 0 Å². The Morgan fingerprint density at radius 1 is 1.47 bits per heavy atom. The summed E-state index contributed by atoms with van der Waals surface area (Å²) in [5.74, 6) is 0.198. The van der Waals surface area contributed by atoms with Crippen molar-refractivity contribution in [2.75, 3.05) is 5.88 Å². The topological polar surface area (TPSA) is 49.3 Å². The SMILES string of the molecule is Cc1ccc(O)c(C(=O)NC(C)(C)CCCl)c1. The van der Waals surface area contributed by atoms with Gasteiger partial charge in [0.25, 0.3) is 5.91 Å². The Kier molecular flexibility index (Phi) is 4.40. The van der Waals surface area contributed by atoms with Crippen LogP contribution < -0.4 is 5.32 Å². The van der Waals surface area contributed by atoms with Crippen molar-refractivity contribution in [3.63, 3.8) is 0 Å². The molecule has 0 unspecified atom stereocenters. The van der Waals surface area contributed by atoms with Gasteiger partial charge >= 0.3 is 0 Å². The zero-order valence-corrected chi connectivity index (χ0v) is 11.1. The lowest BCUT2D eigenvalue weighted by atomic mass is 10.0. The number of nitrogens with one attached hydrogen (secondary N) is 1. The van der Waals surface area contributed by atoms with Gasteiger partial charge in [-0.2, -0.15) is 0 Å². The number of halogens is 1. The van der Waals surface area contributed by atoms with Crippen molar-refractivity contribution in [1.29, 1.82) is 0 Å². The van der Waals surface area contributed by atoms with E-state index in [-0.39, 0.29) is 17.2 Å². The molecule has 0 saturated heterocycles. The van der Waals surface area contributed by atoms with E-state index in [1.165, 1.54) is 6.07 Å². The number of carbonyl (C=O) groups is 1. The number of hydrogen-bond acceptors (Lipinski definition) is 2. The summed E-state index contributed by atoms with van der Waals surface area (Å²) in [6.45, 7) is 5.68. The lowest BCUT2D eigenvalue weighted by molar-refractivity contribution is 0.0909. The zero-order valence-electron chi connectivity index (χ0n) is 10.4. The first-order valence-corrected chi connectivity index (χ1v) is 6.07. The van der Waals surface area contributed by atoms with Gasteiger partial charge in [0.15, 0.2) is 0 Å². The Balaban J connectivity index is 2.86. The monoisotopic (exact) mass is 255 g/mol. The molecule has 4 heteroatoms. The van der Waals surface area contributed by atoms with Crippen LogP contribution in [0.5, 0.6) is 5.75 Å². The summed E-state index contributed by atoms with van der Waals surface area (Å²) in [7, 11) is 0. The van der Waals surface area contributed by atoms with Gasteiger partial charge in [0.1, 0.15) is 5.75 Å². The number of phenols is 1. The molecule has 0 aliphatic heterocycles. The molecule has 1 aromatic carbocycles. The molecule has 0 spiro atoms. The van der Waals surface area contributed by atoms with E-state index in [2.05, 4.69) is 5.32 Å². The maximum atomic E-state index is 12.0.